The van der Waals surface area contributed by atoms with E-state index in [1.54, 1.807) is 33.9 Å². The maximum absolute atomic E-state index is 12.4. The van der Waals surface area contributed by atoms with Crippen LogP contribution in [0, 0.1) is 15.5 Å². The number of carboxylic acids is 1. The van der Waals surface area contributed by atoms with Gasteiger partial charge in [-0.3, -0.25) is 15.1 Å². The molecule has 3 N–H and O–H groups in total. The van der Waals surface area contributed by atoms with Gasteiger partial charge in [-0.1, -0.05) is 57.2 Å². The van der Waals surface area contributed by atoms with Crippen LogP contribution >= 0.6 is 0 Å². The van der Waals surface area contributed by atoms with E-state index in [1.807, 2.05) is 56.3 Å². The molecule has 4 rings (SSSR count). The van der Waals surface area contributed by atoms with Crippen LogP contribution in [0.3, 0.4) is 0 Å². The van der Waals surface area contributed by atoms with Crippen LogP contribution in [-0.2, 0) is 32.7 Å². The molecule has 11 heteroatoms. The van der Waals surface area contributed by atoms with Crippen molar-refractivity contribution in [2.24, 2.45) is 10.4 Å². The number of amides is 1. The Kier molecular flexibility index (Phi) is 10.8. The molecule has 11 nitrogen and oxygen atoms in total. The molecule has 1 amide bonds. The highest BCUT2D eigenvalue weighted by Gasteiger charge is 2.46. The third kappa shape index (κ3) is 8.08. The van der Waals surface area contributed by atoms with Crippen LogP contribution in [0.2, 0.25) is 0 Å². The molecule has 0 radical (unpaired) electrons. The Balaban J connectivity index is 1.83. The number of alkyl carbamates (subject to hydrolysis) is 1. The average molecular weight is 660 g/mol. The van der Waals surface area contributed by atoms with E-state index >= 15 is 0 Å². The van der Waals surface area contributed by atoms with Crippen LogP contribution in [0.25, 0.3) is 11.1 Å². The van der Waals surface area contributed by atoms with Crippen LogP contribution in [0.5, 0.6) is 0 Å². The molecule has 2 atom stereocenters. The fourth-order valence-electron chi connectivity index (χ4n) is 6.39. The van der Waals surface area contributed by atoms with Crippen molar-refractivity contribution in [2.45, 2.75) is 84.5 Å². The highest BCUT2D eigenvalue weighted by atomic mass is 16.6. The van der Waals surface area contributed by atoms with Crippen molar-refractivity contribution in [3.05, 3.63) is 93.0 Å². The standard InChI is InChI=1S/C37H45N3O8/c1-8-37(21-36(5,6)22-41)29-19-24(13-14-30(29)38-32(37)28-12-10-9-11-25(28)20-47-7)26-15-23(16-27(18-26)40(45)46)17-31(33(42)43)39-34(44)48-35(2,3)4/h9-16,18-19,31,41H,8,17,20-22H2,1-7H3,(H,39,44)(H,42,43). The number of non-ortho nitro benzene ring substituents is 1. The van der Waals surface area contributed by atoms with Gasteiger partial charge in [-0.2, -0.15) is 0 Å². The second-order valence-corrected chi connectivity index (χ2v) is 14.1. The minimum absolute atomic E-state index is 0.0346. The molecule has 48 heavy (non-hydrogen) atoms. The number of ether oxygens (including phenoxy) is 2. The quantitative estimate of drug-likeness (QED) is 0.129. The largest absolute Gasteiger partial charge is 0.480 e. The summed E-state index contributed by atoms with van der Waals surface area (Å²) in [5.74, 6) is -1.30. The number of methoxy groups -OCH3 is 1. The first-order chi connectivity index (χ1) is 22.5. The lowest BCUT2D eigenvalue weighted by molar-refractivity contribution is -0.384. The Bertz CT molecular complexity index is 1730. The van der Waals surface area contributed by atoms with Gasteiger partial charge in [-0.25, -0.2) is 9.59 Å². The predicted molar refractivity (Wildman–Crippen MR) is 184 cm³/mol. The number of nitro groups is 1. The zero-order chi connectivity index (χ0) is 35.4. The van der Waals surface area contributed by atoms with E-state index in [0.717, 1.165) is 28.1 Å². The molecule has 3 aromatic rings. The molecule has 0 fully saturated rings. The number of carbonyl (C=O) groups is 2. The summed E-state index contributed by atoms with van der Waals surface area (Å²) >= 11 is 0. The average Bonchev–Trinajstić information content (AvgIpc) is 3.32. The number of nitrogens with zero attached hydrogens (tertiary/aromatic N) is 2. The van der Waals surface area contributed by atoms with Gasteiger partial charge in [-0.15, -0.1) is 0 Å². The van der Waals surface area contributed by atoms with Gasteiger partial charge in [0.15, 0.2) is 0 Å². The number of aliphatic imine (C=N–C) groups is 1. The summed E-state index contributed by atoms with van der Waals surface area (Å²) < 4.78 is 10.7. The molecule has 0 aliphatic carbocycles. The summed E-state index contributed by atoms with van der Waals surface area (Å²) in [6, 6.07) is 16.8. The van der Waals surface area contributed by atoms with Crippen molar-refractivity contribution in [2.75, 3.05) is 13.7 Å². The number of nitro benzene ring substituents is 1. The monoisotopic (exact) mass is 659 g/mol. The normalized spacial score (nSPS) is 16.5. The number of aliphatic hydroxyl groups excluding tert-OH is 1. The number of hydrogen-bond acceptors (Lipinski definition) is 8. The van der Waals surface area contributed by atoms with Crippen LogP contribution in [0.4, 0.5) is 16.2 Å². The fraction of sp³-hybridized carbons (Fsp3) is 0.432. The van der Waals surface area contributed by atoms with Gasteiger partial charge in [0.25, 0.3) is 5.69 Å². The van der Waals surface area contributed by atoms with Crippen LogP contribution in [0.1, 0.15) is 76.6 Å². The molecule has 0 saturated heterocycles. The fourth-order valence-corrected chi connectivity index (χ4v) is 6.39. The van der Waals surface area contributed by atoms with Crippen molar-refractivity contribution < 1.29 is 34.2 Å². The maximum Gasteiger partial charge on any atom is 0.408 e. The van der Waals surface area contributed by atoms with Crippen molar-refractivity contribution in [3.63, 3.8) is 0 Å². The molecule has 1 aliphatic heterocycles. The predicted octanol–water partition coefficient (Wildman–Crippen LogP) is 7.12. The molecule has 256 valence electrons. The van der Waals surface area contributed by atoms with E-state index in [0.29, 0.717) is 36.1 Å². The summed E-state index contributed by atoms with van der Waals surface area (Å²) in [5.41, 5.74) is 3.99. The Morgan fingerprint density at radius 1 is 1.04 bits per heavy atom. The molecular formula is C37H45N3O8. The zero-order valence-electron chi connectivity index (χ0n) is 28.6. The number of benzene rings is 3. The number of carboxylic acid groups (broad SMARTS) is 1. The molecule has 0 bridgehead atoms. The minimum Gasteiger partial charge on any atom is -0.480 e. The number of hydrogen-bond donors (Lipinski definition) is 3. The molecule has 1 heterocycles. The maximum atomic E-state index is 12.4. The van der Waals surface area contributed by atoms with Crippen molar-refractivity contribution in [1.29, 1.82) is 0 Å². The summed E-state index contributed by atoms with van der Waals surface area (Å²) in [5, 5.41) is 34.7. The molecule has 1 aliphatic rings. The molecule has 0 aromatic heterocycles. The van der Waals surface area contributed by atoms with E-state index < -0.39 is 39.5 Å². The van der Waals surface area contributed by atoms with Gasteiger partial charge in [-0.05, 0) is 79.0 Å². The van der Waals surface area contributed by atoms with E-state index in [1.165, 1.54) is 12.1 Å². The van der Waals surface area contributed by atoms with Crippen LogP contribution in [0.15, 0.2) is 65.7 Å². The van der Waals surface area contributed by atoms with E-state index in [2.05, 4.69) is 12.2 Å². The van der Waals surface area contributed by atoms with Gasteiger partial charge >= 0.3 is 12.1 Å². The summed E-state index contributed by atoms with van der Waals surface area (Å²) in [6.07, 6.45) is 0.148. The molecule has 0 saturated carbocycles. The molecule has 3 aromatic carbocycles. The Labute approximate surface area is 281 Å². The minimum atomic E-state index is -1.38. The lowest BCUT2D eigenvalue weighted by atomic mass is 9.64. The first-order valence-electron chi connectivity index (χ1n) is 16.0. The topological polar surface area (TPSA) is 161 Å². The second-order valence-electron chi connectivity index (χ2n) is 14.1. The van der Waals surface area contributed by atoms with Gasteiger partial charge < -0.3 is 25.0 Å². The lowest BCUT2D eigenvalue weighted by Gasteiger charge is -2.38. The van der Waals surface area contributed by atoms with Crippen LogP contribution < -0.4 is 5.32 Å². The Hall–Kier alpha value is -4.61. The van der Waals surface area contributed by atoms with Crippen molar-refractivity contribution in [3.8, 4) is 11.1 Å². The van der Waals surface area contributed by atoms with Gasteiger partial charge in [0, 0.05) is 43.2 Å². The lowest BCUT2D eigenvalue weighted by Crippen LogP contribution is -2.44. The second kappa shape index (κ2) is 14.2. The summed E-state index contributed by atoms with van der Waals surface area (Å²) in [6.45, 7) is 11.5. The van der Waals surface area contributed by atoms with E-state index in [4.69, 9.17) is 14.5 Å². The number of aliphatic hydroxyl groups is 1. The van der Waals surface area contributed by atoms with Crippen LogP contribution in [-0.4, -0.2) is 58.3 Å². The Morgan fingerprint density at radius 2 is 1.75 bits per heavy atom. The number of rotatable bonds is 13. The third-order valence-electron chi connectivity index (χ3n) is 8.53. The molecule has 0 spiro atoms. The number of carbonyl (C=O) groups excluding carboxylic acids is 1. The Morgan fingerprint density at radius 3 is 2.35 bits per heavy atom. The van der Waals surface area contributed by atoms with E-state index in [-0.39, 0.29) is 18.7 Å². The number of fused-ring (bicyclic) bond motifs is 1. The summed E-state index contributed by atoms with van der Waals surface area (Å²) in [7, 11) is 1.65. The summed E-state index contributed by atoms with van der Waals surface area (Å²) in [4.78, 5) is 41.2. The third-order valence-corrected chi connectivity index (χ3v) is 8.53. The first-order valence-corrected chi connectivity index (χ1v) is 16.0. The van der Waals surface area contributed by atoms with Gasteiger partial charge in [0.1, 0.15) is 11.6 Å². The zero-order valence-corrected chi connectivity index (χ0v) is 28.6. The van der Waals surface area contributed by atoms with E-state index in [9.17, 15) is 29.9 Å². The van der Waals surface area contributed by atoms with Crippen molar-refractivity contribution in [1.82, 2.24) is 5.32 Å². The highest BCUT2D eigenvalue weighted by Crippen LogP contribution is 2.51. The SMILES string of the molecule is CCC1(CC(C)(C)CO)C(c2ccccc2COC)=Nc2ccc(-c3cc(CC(NC(=O)OC(C)(C)C)C(=O)O)cc([N+](=O)[O-])c3)cc21. The number of aliphatic carboxylic acids is 1. The number of nitrogens with one attached hydrogen (secondary N) is 1. The van der Waals surface area contributed by atoms with Gasteiger partial charge in [0.2, 0.25) is 0 Å². The first kappa shape index (κ1) is 36.2. The highest BCUT2D eigenvalue weighted by molar-refractivity contribution is 6.14. The van der Waals surface area contributed by atoms with Gasteiger partial charge in [0.05, 0.1) is 22.9 Å². The molecule has 2 unspecified atom stereocenters. The smallest absolute Gasteiger partial charge is 0.408 e. The van der Waals surface area contributed by atoms with Crippen molar-refractivity contribution >= 4 is 29.1 Å². The molecular weight excluding hydrogens is 614 g/mol.